The van der Waals surface area contributed by atoms with Crippen LogP contribution in [0.5, 0.6) is 5.75 Å². The lowest BCUT2D eigenvalue weighted by Crippen LogP contribution is -2.43. The molecule has 3 rings (SSSR count). The molecule has 0 saturated carbocycles. The van der Waals surface area contributed by atoms with Gasteiger partial charge >= 0.3 is 0 Å². The van der Waals surface area contributed by atoms with Gasteiger partial charge < -0.3 is 15.4 Å². The first-order chi connectivity index (χ1) is 12.3. The predicted molar refractivity (Wildman–Crippen MR) is 103 cm³/mol. The Hall–Kier alpha value is -1.24. The number of nitrogens with zero attached hydrogens (tertiary/aromatic N) is 1. The molecule has 138 valence electrons. The third-order valence-corrected chi connectivity index (χ3v) is 6.13. The number of para-hydroxylation sites is 1. The highest BCUT2D eigenvalue weighted by Gasteiger charge is 2.26. The number of amides is 1. The van der Waals surface area contributed by atoms with Crippen molar-refractivity contribution in [2.45, 2.75) is 31.3 Å². The van der Waals surface area contributed by atoms with Crippen LogP contribution in [0.1, 0.15) is 30.9 Å². The number of hydrogen-bond acceptors (Lipinski definition) is 5. The van der Waals surface area contributed by atoms with E-state index in [-0.39, 0.29) is 11.9 Å². The van der Waals surface area contributed by atoms with E-state index in [9.17, 15) is 4.79 Å². The molecule has 1 aromatic carbocycles. The van der Waals surface area contributed by atoms with Crippen molar-refractivity contribution < 1.29 is 9.53 Å². The lowest BCUT2D eigenvalue weighted by molar-refractivity contribution is -0.121. The summed E-state index contributed by atoms with van der Waals surface area (Å²) < 4.78 is 5.56. The number of hydrogen-bond donors (Lipinski definition) is 2. The van der Waals surface area contributed by atoms with E-state index in [1.54, 1.807) is 7.11 Å². The van der Waals surface area contributed by atoms with Crippen LogP contribution >= 0.6 is 11.8 Å². The molecule has 6 heteroatoms. The van der Waals surface area contributed by atoms with Crippen LogP contribution in [-0.4, -0.2) is 61.6 Å². The standard InChI is InChI=1S/C19H29N3O2S/c1-24-18-7-3-2-6-16(18)17(22-9-4-5-10-22)13-21-19(23)12-15-14-25-11-8-20-15/h2-3,6-7,15,17,20H,4-5,8-14H2,1H3,(H,21,23). The Labute approximate surface area is 154 Å². The number of methoxy groups -OCH3 is 1. The highest BCUT2D eigenvalue weighted by molar-refractivity contribution is 7.99. The Morgan fingerprint density at radius 1 is 1.40 bits per heavy atom. The van der Waals surface area contributed by atoms with Gasteiger partial charge in [-0.1, -0.05) is 18.2 Å². The maximum atomic E-state index is 12.4. The van der Waals surface area contributed by atoms with Crippen molar-refractivity contribution in [3.8, 4) is 5.75 Å². The minimum atomic E-state index is 0.138. The second-order valence-electron chi connectivity index (χ2n) is 6.73. The van der Waals surface area contributed by atoms with Gasteiger partial charge in [0.15, 0.2) is 0 Å². The number of rotatable bonds is 7. The van der Waals surface area contributed by atoms with Crippen molar-refractivity contribution in [3.63, 3.8) is 0 Å². The number of ether oxygens (including phenoxy) is 1. The van der Waals surface area contributed by atoms with Crippen molar-refractivity contribution in [2.75, 3.05) is 44.8 Å². The summed E-state index contributed by atoms with van der Waals surface area (Å²) in [5.74, 6) is 3.21. The first-order valence-corrected chi connectivity index (χ1v) is 10.4. The molecule has 0 aliphatic carbocycles. The second kappa shape index (κ2) is 9.46. The highest BCUT2D eigenvalue weighted by Crippen LogP contribution is 2.31. The Morgan fingerprint density at radius 2 is 2.20 bits per heavy atom. The topological polar surface area (TPSA) is 53.6 Å². The zero-order valence-electron chi connectivity index (χ0n) is 15.0. The normalized spacial score (nSPS) is 22.5. The van der Waals surface area contributed by atoms with Crippen LogP contribution in [0.15, 0.2) is 24.3 Å². The molecule has 2 saturated heterocycles. The van der Waals surface area contributed by atoms with Crippen molar-refractivity contribution >= 4 is 17.7 Å². The molecule has 2 aliphatic heterocycles. The van der Waals surface area contributed by atoms with Gasteiger partial charge in [-0.2, -0.15) is 11.8 Å². The summed E-state index contributed by atoms with van der Waals surface area (Å²) in [6.07, 6.45) is 3.01. The van der Waals surface area contributed by atoms with Crippen LogP contribution in [0.4, 0.5) is 0 Å². The van der Waals surface area contributed by atoms with E-state index in [1.165, 1.54) is 18.4 Å². The lowest BCUT2D eigenvalue weighted by Gasteiger charge is -2.30. The molecule has 25 heavy (non-hydrogen) atoms. The minimum Gasteiger partial charge on any atom is -0.496 e. The molecule has 2 unspecified atom stereocenters. The van der Waals surface area contributed by atoms with Crippen LogP contribution < -0.4 is 15.4 Å². The van der Waals surface area contributed by atoms with Gasteiger partial charge in [-0.25, -0.2) is 0 Å². The van der Waals surface area contributed by atoms with E-state index in [0.29, 0.717) is 19.0 Å². The maximum absolute atomic E-state index is 12.4. The summed E-state index contributed by atoms with van der Waals surface area (Å²) >= 11 is 1.92. The third kappa shape index (κ3) is 5.12. The van der Waals surface area contributed by atoms with Gasteiger partial charge in [-0.15, -0.1) is 0 Å². The molecule has 0 spiro atoms. The number of carbonyl (C=O) groups excluding carboxylic acids is 1. The smallest absolute Gasteiger partial charge is 0.221 e. The van der Waals surface area contributed by atoms with Gasteiger partial charge in [0.25, 0.3) is 0 Å². The Bertz CT molecular complexity index is 557. The average Bonchev–Trinajstić information content (AvgIpc) is 3.17. The molecule has 0 radical (unpaired) electrons. The summed E-state index contributed by atoms with van der Waals surface area (Å²) in [6, 6.07) is 8.64. The van der Waals surface area contributed by atoms with Crippen molar-refractivity contribution in [3.05, 3.63) is 29.8 Å². The molecular formula is C19H29N3O2S. The maximum Gasteiger partial charge on any atom is 0.221 e. The van der Waals surface area contributed by atoms with Crippen LogP contribution in [0.2, 0.25) is 0 Å². The number of benzene rings is 1. The first kappa shape index (κ1) is 18.5. The zero-order valence-corrected chi connectivity index (χ0v) is 15.8. The second-order valence-corrected chi connectivity index (χ2v) is 7.88. The van der Waals surface area contributed by atoms with Crippen molar-refractivity contribution in [2.24, 2.45) is 0 Å². The summed E-state index contributed by atoms with van der Waals surface area (Å²) in [7, 11) is 1.71. The highest BCUT2D eigenvalue weighted by atomic mass is 32.2. The van der Waals surface area contributed by atoms with E-state index in [2.05, 4.69) is 21.6 Å². The van der Waals surface area contributed by atoms with Crippen molar-refractivity contribution in [1.29, 1.82) is 0 Å². The Morgan fingerprint density at radius 3 is 2.92 bits per heavy atom. The van der Waals surface area contributed by atoms with E-state index in [1.807, 2.05) is 30.0 Å². The summed E-state index contributed by atoms with van der Waals surface area (Å²) in [5.41, 5.74) is 1.17. The van der Waals surface area contributed by atoms with Gasteiger partial charge in [0.1, 0.15) is 5.75 Å². The van der Waals surface area contributed by atoms with Crippen LogP contribution in [-0.2, 0) is 4.79 Å². The van der Waals surface area contributed by atoms with Gasteiger partial charge in [0, 0.05) is 42.6 Å². The fourth-order valence-electron chi connectivity index (χ4n) is 3.69. The molecule has 2 atom stereocenters. The molecule has 2 aliphatic rings. The largest absolute Gasteiger partial charge is 0.496 e. The molecular weight excluding hydrogens is 334 g/mol. The number of thioether (sulfide) groups is 1. The van der Waals surface area contributed by atoms with Gasteiger partial charge in [0.2, 0.25) is 5.91 Å². The predicted octanol–water partition coefficient (Wildman–Crippen LogP) is 2.04. The summed E-state index contributed by atoms with van der Waals surface area (Å²) in [4.78, 5) is 14.9. The lowest BCUT2D eigenvalue weighted by atomic mass is 10.0. The number of nitrogens with one attached hydrogen (secondary N) is 2. The van der Waals surface area contributed by atoms with Gasteiger partial charge in [-0.3, -0.25) is 9.69 Å². The molecule has 5 nitrogen and oxygen atoms in total. The Balaban J connectivity index is 1.62. The fraction of sp³-hybridized carbons (Fsp3) is 0.632. The zero-order chi connectivity index (χ0) is 17.5. The molecule has 1 amide bonds. The average molecular weight is 364 g/mol. The third-order valence-electron chi connectivity index (χ3n) is 5.00. The Kier molecular flexibility index (Phi) is 7.02. The molecule has 0 bridgehead atoms. The molecule has 2 N–H and O–H groups in total. The summed E-state index contributed by atoms with van der Waals surface area (Å²) in [6.45, 7) is 3.80. The summed E-state index contributed by atoms with van der Waals surface area (Å²) in [5, 5.41) is 6.60. The number of likely N-dealkylation sites (tertiary alicyclic amines) is 1. The molecule has 1 aromatic rings. The van der Waals surface area contributed by atoms with Crippen LogP contribution in [0.25, 0.3) is 0 Å². The van der Waals surface area contributed by atoms with Crippen LogP contribution in [0.3, 0.4) is 0 Å². The van der Waals surface area contributed by atoms with E-state index < -0.39 is 0 Å². The van der Waals surface area contributed by atoms with E-state index in [0.717, 1.165) is 36.9 Å². The van der Waals surface area contributed by atoms with Gasteiger partial charge in [-0.05, 0) is 32.0 Å². The first-order valence-electron chi connectivity index (χ1n) is 9.22. The van der Waals surface area contributed by atoms with Crippen LogP contribution in [0, 0.1) is 0 Å². The fourth-order valence-corrected chi connectivity index (χ4v) is 4.64. The monoisotopic (exact) mass is 363 g/mol. The van der Waals surface area contributed by atoms with E-state index in [4.69, 9.17) is 4.74 Å². The molecule has 2 heterocycles. The number of carbonyl (C=O) groups is 1. The van der Waals surface area contributed by atoms with E-state index >= 15 is 0 Å². The van der Waals surface area contributed by atoms with Crippen molar-refractivity contribution in [1.82, 2.24) is 15.5 Å². The molecule has 0 aromatic heterocycles. The molecule has 2 fully saturated rings. The SMILES string of the molecule is COc1ccccc1C(CNC(=O)CC1CSCCN1)N1CCCC1. The quantitative estimate of drug-likeness (QED) is 0.776. The minimum absolute atomic E-state index is 0.138. The van der Waals surface area contributed by atoms with Gasteiger partial charge in [0.05, 0.1) is 13.2 Å².